The lowest BCUT2D eigenvalue weighted by Crippen LogP contribution is -2.64. The molecule has 0 saturated carbocycles. The summed E-state index contributed by atoms with van der Waals surface area (Å²) in [5.74, 6) is 0.0349. The maximum absolute atomic E-state index is 13.1. The SMILES string of the molecule is CN1CCN(C(=O)[C@H]2CNC[C@@H]2c2cnn(C)c2)C(C)(C)C1=O.Cl. The summed E-state index contributed by atoms with van der Waals surface area (Å²) in [6, 6.07) is 0. The second kappa shape index (κ2) is 6.72. The Balaban J connectivity index is 0.00000208. The van der Waals surface area contributed by atoms with Crippen LogP contribution in [0, 0.1) is 5.92 Å². The van der Waals surface area contributed by atoms with Crippen LogP contribution < -0.4 is 5.32 Å². The highest BCUT2D eigenvalue weighted by Gasteiger charge is 2.47. The van der Waals surface area contributed by atoms with Crippen LogP contribution in [0.15, 0.2) is 12.4 Å². The average Bonchev–Trinajstić information content (AvgIpc) is 3.12. The lowest BCUT2D eigenvalue weighted by atomic mass is 9.87. The van der Waals surface area contributed by atoms with Crippen LogP contribution in [0.4, 0.5) is 0 Å². The Labute approximate surface area is 148 Å². The Morgan fingerprint density at radius 1 is 1.29 bits per heavy atom. The fourth-order valence-corrected chi connectivity index (χ4v) is 3.72. The van der Waals surface area contributed by atoms with Gasteiger partial charge < -0.3 is 15.1 Å². The molecule has 0 spiro atoms. The third-order valence-electron chi connectivity index (χ3n) is 5.15. The Morgan fingerprint density at radius 2 is 2.00 bits per heavy atom. The van der Waals surface area contributed by atoms with Crippen LogP contribution in [-0.4, -0.2) is 70.2 Å². The summed E-state index contributed by atoms with van der Waals surface area (Å²) in [7, 11) is 3.67. The first-order valence-corrected chi connectivity index (χ1v) is 8.08. The summed E-state index contributed by atoms with van der Waals surface area (Å²) in [6.07, 6.45) is 3.80. The Bertz CT molecular complexity index is 630. The van der Waals surface area contributed by atoms with Gasteiger partial charge in [-0.3, -0.25) is 14.3 Å². The van der Waals surface area contributed by atoms with Crippen molar-refractivity contribution in [3.63, 3.8) is 0 Å². The summed E-state index contributed by atoms with van der Waals surface area (Å²) in [5.41, 5.74) is 0.292. The molecule has 7 nitrogen and oxygen atoms in total. The van der Waals surface area contributed by atoms with Crippen LogP contribution in [0.3, 0.4) is 0 Å². The van der Waals surface area contributed by atoms with Crippen LogP contribution in [0.5, 0.6) is 0 Å². The molecule has 134 valence electrons. The van der Waals surface area contributed by atoms with E-state index in [0.29, 0.717) is 19.6 Å². The molecule has 8 heteroatoms. The van der Waals surface area contributed by atoms with Gasteiger partial charge in [0, 0.05) is 52.4 Å². The summed E-state index contributed by atoms with van der Waals surface area (Å²) >= 11 is 0. The molecule has 3 rings (SSSR count). The smallest absolute Gasteiger partial charge is 0.247 e. The van der Waals surface area contributed by atoms with E-state index in [0.717, 1.165) is 12.1 Å². The number of nitrogens with zero attached hydrogens (tertiary/aromatic N) is 4. The van der Waals surface area contributed by atoms with Gasteiger partial charge in [-0.1, -0.05) is 0 Å². The third kappa shape index (κ3) is 3.02. The maximum atomic E-state index is 13.1. The monoisotopic (exact) mass is 355 g/mol. The van der Waals surface area contributed by atoms with Gasteiger partial charge in [-0.15, -0.1) is 12.4 Å². The van der Waals surface area contributed by atoms with Gasteiger partial charge in [-0.05, 0) is 19.4 Å². The van der Waals surface area contributed by atoms with Gasteiger partial charge in [0.2, 0.25) is 11.8 Å². The summed E-state index contributed by atoms with van der Waals surface area (Å²) in [6.45, 7) is 6.27. The number of piperazine rings is 1. The molecule has 3 heterocycles. The van der Waals surface area contributed by atoms with E-state index in [9.17, 15) is 9.59 Å². The third-order valence-corrected chi connectivity index (χ3v) is 5.15. The number of nitrogens with one attached hydrogen (secondary N) is 1. The fraction of sp³-hybridized carbons (Fsp3) is 0.688. The minimum atomic E-state index is -0.786. The van der Waals surface area contributed by atoms with Gasteiger partial charge in [0.25, 0.3) is 0 Å². The van der Waals surface area contributed by atoms with E-state index in [1.165, 1.54) is 0 Å². The van der Waals surface area contributed by atoms with Crippen molar-refractivity contribution in [3.8, 4) is 0 Å². The van der Waals surface area contributed by atoms with Crippen LogP contribution in [-0.2, 0) is 16.6 Å². The number of rotatable bonds is 2. The molecule has 2 atom stereocenters. The van der Waals surface area contributed by atoms with Crippen molar-refractivity contribution in [1.29, 1.82) is 0 Å². The minimum absolute atomic E-state index is 0. The molecular formula is C16H26ClN5O2. The first-order valence-electron chi connectivity index (χ1n) is 8.08. The second-order valence-electron chi connectivity index (χ2n) is 7.09. The van der Waals surface area contributed by atoms with E-state index < -0.39 is 5.54 Å². The van der Waals surface area contributed by atoms with Crippen LogP contribution in [0.25, 0.3) is 0 Å². The van der Waals surface area contributed by atoms with Crippen LogP contribution >= 0.6 is 12.4 Å². The van der Waals surface area contributed by atoms with Crippen molar-refractivity contribution in [2.24, 2.45) is 13.0 Å². The number of hydrogen-bond donors (Lipinski definition) is 1. The molecule has 0 unspecified atom stereocenters. The predicted octanol–water partition coefficient (Wildman–Crippen LogP) is 0.224. The van der Waals surface area contributed by atoms with Crippen molar-refractivity contribution in [1.82, 2.24) is 24.9 Å². The molecule has 1 N–H and O–H groups in total. The van der Waals surface area contributed by atoms with Crippen LogP contribution in [0.2, 0.25) is 0 Å². The largest absolute Gasteiger partial charge is 0.342 e. The lowest BCUT2D eigenvalue weighted by molar-refractivity contribution is -0.159. The van der Waals surface area contributed by atoms with Crippen LogP contribution in [0.1, 0.15) is 25.3 Å². The first-order chi connectivity index (χ1) is 10.8. The van der Waals surface area contributed by atoms with Gasteiger partial charge in [-0.2, -0.15) is 5.10 Å². The van der Waals surface area contributed by atoms with E-state index in [1.54, 1.807) is 21.5 Å². The maximum Gasteiger partial charge on any atom is 0.247 e. The topological polar surface area (TPSA) is 70.5 Å². The molecule has 1 aromatic heterocycles. The fourth-order valence-electron chi connectivity index (χ4n) is 3.72. The average molecular weight is 356 g/mol. The number of aryl methyl sites for hydroxylation is 1. The summed E-state index contributed by atoms with van der Waals surface area (Å²) in [5, 5.41) is 7.54. The highest BCUT2D eigenvalue weighted by Crippen LogP contribution is 2.32. The molecule has 2 fully saturated rings. The van der Waals surface area contributed by atoms with Gasteiger partial charge in [0.05, 0.1) is 12.1 Å². The molecule has 0 bridgehead atoms. The molecule has 2 saturated heterocycles. The van der Waals surface area contributed by atoms with Gasteiger partial charge in [-0.25, -0.2) is 0 Å². The normalized spacial score (nSPS) is 26.4. The second-order valence-corrected chi connectivity index (χ2v) is 7.09. The number of carbonyl (C=O) groups is 2. The predicted molar refractivity (Wildman–Crippen MR) is 93.0 cm³/mol. The van der Waals surface area contributed by atoms with E-state index in [2.05, 4.69) is 10.4 Å². The number of amides is 2. The molecule has 0 aliphatic carbocycles. The van der Waals surface area contributed by atoms with Crippen molar-refractivity contribution >= 4 is 24.2 Å². The zero-order valence-corrected chi connectivity index (χ0v) is 15.5. The van der Waals surface area contributed by atoms with Gasteiger partial charge in [0.15, 0.2) is 0 Å². The van der Waals surface area contributed by atoms with Gasteiger partial charge in [0.1, 0.15) is 5.54 Å². The quantitative estimate of drug-likeness (QED) is 0.824. The van der Waals surface area contributed by atoms with Crippen molar-refractivity contribution in [2.75, 3.05) is 33.2 Å². The first kappa shape index (κ1) is 18.7. The molecule has 2 amide bonds. The molecule has 0 radical (unpaired) electrons. The molecule has 0 aromatic carbocycles. The molecule has 1 aromatic rings. The minimum Gasteiger partial charge on any atom is -0.342 e. The number of aromatic nitrogens is 2. The molecule has 24 heavy (non-hydrogen) atoms. The van der Waals surface area contributed by atoms with Gasteiger partial charge >= 0.3 is 0 Å². The Kier molecular flexibility index (Phi) is 5.25. The zero-order valence-electron chi connectivity index (χ0n) is 14.7. The molecule has 2 aliphatic heterocycles. The summed E-state index contributed by atoms with van der Waals surface area (Å²) < 4.78 is 1.76. The molecule has 2 aliphatic rings. The van der Waals surface area contributed by atoms with E-state index in [1.807, 2.05) is 33.3 Å². The number of carbonyl (C=O) groups excluding carboxylic acids is 2. The standard InChI is InChI=1S/C16H25N5O2.ClH/c1-16(2)15(23)19(3)5-6-21(16)14(22)13-9-17-8-12(13)11-7-18-20(4)10-11;/h7,10,12-13,17H,5-6,8-9H2,1-4H3;1H/t12-,13+;/m1./s1. The number of likely N-dealkylation sites (N-methyl/N-ethyl adjacent to an activating group) is 1. The Morgan fingerprint density at radius 3 is 2.62 bits per heavy atom. The Hall–Kier alpha value is -1.60. The zero-order chi connectivity index (χ0) is 16.8. The molecular weight excluding hydrogens is 330 g/mol. The number of hydrogen-bond acceptors (Lipinski definition) is 4. The number of halogens is 1. The van der Waals surface area contributed by atoms with Crippen molar-refractivity contribution < 1.29 is 9.59 Å². The summed E-state index contributed by atoms with van der Waals surface area (Å²) in [4.78, 5) is 29.0. The van der Waals surface area contributed by atoms with E-state index in [-0.39, 0.29) is 36.1 Å². The highest BCUT2D eigenvalue weighted by molar-refractivity contribution is 5.93. The van der Waals surface area contributed by atoms with E-state index in [4.69, 9.17) is 0 Å². The van der Waals surface area contributed by atoms with Crippen molar-refractivity contribution in [3.05, 3.63) is 18.0 Å². The van der Waals surface area contributed by atoms with E-state index >= 15 is 0 Å². The highest BCUT2D eigenvalue weighted by atomic mass is 35.5. The van der Waals surface area contributed by atoms with Crippen molar-refractivity contribution in [2.45, 2.75) is 25.3 Å². The lowest BCUT2D eigenvalue weighted by Gasteiger charge is -2.46.